The first kappa shape index (κ1) is 16.3. The van der Waals surface area contributed by atoms with Gasteiger partial charge in [0.15, 0.2) is 11.5 Å². The van der Waals surface area contributed by atoms with Crippen LogP contribution in [0.25, 0.3) is 5.00 Å². The lowest BCUT2D eigenvalue weighted by atomic mass is 10.2. The van der Waals surface area contributed by atoms with E-state index in [4.69, 9.17) is 9.47 Å². The molecule has 3 aromatic rings. The number of ether oxygens (including phenoxy) is 2. The third kappa shape index (κ3) is 3.31. The number of hydrogen-bond acceptors (Lipinski definition) is 7. The standard InChI is InChI=1S/C16H15N5O4S/c22-14(10-20-16(23)21(19-18-20)15-3-1-8-26-15)17-11-4-5-12-13(9-11)25-7-2-6-24-12/h1,3-5,8-9H,2,6-7,10H2,(H,17,22). The molecular weight excluding hydrogens is 358 g/mol. The van der Waals surface area contributed by atoms with Gasteiger partial charge in [0.05, 0.1) is 13.2 Å². The fourth-order valence-electron chi connectivity index (χ4n) is 2.48. The van der Waals surface area contributed by atoms with Gasteiger partial charge in [-0.3, -0.25) is 4.79 Å². The Labute approximate surface area is 151 Å². The van der Waals surface area contributed by atoms with Gasteiger partial charge in [-0.15, -0.1) is 11.3 Å². The summed E-state index contributed by atoms with van der Waals surface area (Å²) in [5, 5.41) is 12.7. The number of rotatable bonds is 4. The summed E-state index contributed by atoms with van der Waals surface area (Å²) in [7, 11) is 0. The van der Waals surface area contributed by atoms with Crippen molar-refractivity contribution in [1.29, 1.82) is 0 Å². The minimum Gasteiger partial charge on any atom is -0.490 e. The number of carbonyl (C=O) groups is 1. The van der Waals surface area contributed by atoms with E-state index in [-0.39, 0.29) is 12.5 Å². The molecule has 0 spiro atoms. The molecule has 1 N–H and O–H groups in total. The number of carbonyl (C=O) groups excluding carboxylic acids is 1. The third-order valence-corrected chi connectivity index (χ3v) is 4.52. The quantitative estimate of drug-likeness (QED) is 0.740. The molecule has 10 heteroatoms. The molecule has 9 nitrogen and oxygen atoms in total. The number of hydrogen-bond donors (Lipinski definition) is 1. The van der Waals surface area contributed by atoms with Crippen LogP contribution in [0.1, 0.15) is 6.42 Å². The van der Waals surface area contributed by atoms with Crippen LogP contribution in [0.4, 0.5) is 5.69 Å². The van der Waals surface area contributed by atoms with E-state index in [9.17, 15) is 9.59 Å². The first-order valence-corrected chi connectivity index (χ1v) is 8.85. The molecule has 0 atom stereocenters. The second-order valence-electron chi connectivity index (χ2n) is 5.54. The van der Waals surface area contributed by atoms with E-state index in [0.29, 0.717) is 35.4 Å². The summed E-state index contributed by atoms with van der Waals surface area (Å²) in [6, 6.07) is 8.72. The maximum absolute atomic E-state index is 12.3. The molecule has 1 aromatic carbocycles. The van der Waals surface area contributed by atoms with Crippen molar-refractivity contribution in [3.8, 4) is 16.5 Å². The van der Waals surface area contributed by atoms with Gasteiger partial charge in [-0.25, -0.2) is 4.79 Å². The van der Waals surface area contributed by atoms with Gasteiger partial charge >= 0.3 is 5.69 Å². The molecule has 1 aliphatic heterocycles. The van der Waals surface area contributed by atoms with Crippen LogP contribution in [-0.2, 0) is 11.3 Å². The van der Waals surface area contributed by atoms with Crippen molar-refractivity contribution in [2.45, 2.75) is 13.0 Å². The van der Waals surface area contributed by atoms with E-state index in [1.165, 1.54) is 11.3 Å². The molecule has 4 rings (SSSR count). The van der Waals surface area contributed by atoms with E-state index in [0.717, 1.165) is 15.8 Å². The number of benzene rings is 1. The Morgan fingerprint density at radius 3 is 2.85 bits per heavy atom. The topological polar surface area (TPSA) is 100 Å². The normalized spacial score (nSPS) is 13.2. The van der Waals surface area contributed by atoms with E-state index in [1.807, 2.05) is 11.4 Å². The molecule has 1 amide bonds. The molecule has 3 heterocycles. The molecule has 0 fully saturated rings. The first-order chi connectivity index (χ1) is 12.7. The van der Waals surface area contributed by atoms with E-state index in [2.05, 4.69) is 15.7 Å². The van der Waals surface area contributed by atoms with Crippen molar-refractivity contribution >= 4 is 22.9 Å². The molecule has 0 saturated carbocycles. The maximum atomic E-state index is 12.3. The summed E-state index contributed by atoms with van der Waals surface area (Å²) in [4.78, 5) is 24.5. The SMILES string of the molecule is O=C(Cn1nnn(-c2cccs2)c1=O)Nc1ccc2c(c1)OCCCO2. The molecular formula is C16H15N5O4S. The number of thiophene rings is 1. The van der Waals surface area contributed by atoms with Gasteiger partial charge in [0, 0.05) is 18.2 Å². The van der Waals surface area contributed by atoms with Gasteiger partial charge in [-0.1, -0.05) is 0 Å². The van der Waals surface area contributed by atoms with Crippen molar-refractivity contribution in [3.05, 3.63) is 46.2 Å². The van der Waals surface area contributed by atoms with Crippen LogP contribution in [0.2, 0.25) is 0 Å². The van der Waals surface area contributed by atoms with Crippen molar-refractivity contribution in [2.24, 2.45) is 0 Å². The predicted octanol–water partition coefficient (Wildman–Crippen LogP) is 1.29. The summed E-state index contributed by atoms with van der Waals surface area (Å²) in [5.74, 6) is 0.844. The lowest BCUT2D eigenvalue weighted by Crippen LogP contribution is -2.29. The molecule has 0 unspecified atom stereocenters. The highest BCUT2D eigenvalue weighted by Crippen LogP contribution is 2.32. The van der Waals surface area contributed by atoms with Gasteiger partial charge in [0.25, 0.3) is 0 Å². The van der Waals surface area contributed by atoms with Gasteiger partial charge in [-0.05, 0) is 40.1 Å². The van der Waals surface area contributed by atoms with Gasteiger partial charge in [0.2, 0.25) is 5.91 Å². The number of nitrogens with zero attached hydrogens (tertiary/aromatic N) is 4. The number of nitrogens with one attached hydrogen (secondary N) is 1. The fraction of sp³-hybridized carbons (Fsp3) is 0.250. The van der Waals surface area contributed by atoms with Crippen LogP contribution < -0.4 is 20.5 Å². The first-order valence-electron chi connectivity index (χ1n) is 7.97. The van der Waals surface area contributed by atoms with Crippen LogP contribution in [-0.4, -0.2) is 38.9 Å². The second-order valence-corrected chi connectivity index (χ2v) is 6.47. The highest BCUT2D eigenvalue weighted by molar-refractivity contribution is 7.12. The van der Waals surface area contributed by atoms with E-state index < -0.39 is 5.69 Å². The molecule has 0 radical (unpaired) electrons. The number of anilines is 1. The Morgan fingerprint density at radius 2 is 2.04 bits per heavy atom. The minimum atomic E-state index is -0.471. The maximum Gasteiger partial charge on any atom is 0.369 e. The average molecular weight is 373 g/mol. The monoisotopic (exact) mass is 373 g/mol. The second kappa shape index (κ2) is 7.00. The van der Waals surface area contributed by atoms with Crippen LogP contribution >= 0.6 is 11.3 Å². The van der Waals surface area contributed by atoms with Crippen LogP contribution in [0.3, 0.4) is 0 Å². The smallest absolute Gasteiger partial charge is 0.369 e. The van der Waals surface area contributed by atoms with Crippen molar-refractivity contribution in [2.75, 3.05) is 18.5 Å². The average Bonchev–Trinajstić information content (AvgIpc) is 3.20. The minimum absolute atomic E-state index is 0.237. The number of fused-ring (bicyclic) bond motifs is 1. The zero-order chi connectivity index (χ0) is 17.9. The molecule has 1 aliphatic rings. The van der Waals surface area contributed by atoms with Crippen molar-refractivity contribution < 1.29 is 14.3 Å². The molecule has 0 saturated heterocycles. The number of amides is 1. The lowest BCUT2D eigenvalue weighted by molar-refractivity contribution is -0.117. The summed E-state index contributed by atoms with van der Waals surface area (Å²) >= 11 is 1.36. The Morgan fingerprint density at radius 1 is 1.19 bits per heavy atom. The van der Waals surface area contributed by atoms with Crippen molar-refractivity contribution in [1.82, 2.24) is 19.8 Å². The van der Waals surface area contributed by atoms with Gasteiger partial charge in [-0.2, -0.15) is 9.36 Å². The van der Waals surface area contributed by atoms with Crippen LogP contribution in [0.15, 0.2) is 40.5 Å². The Bertz CT molecular complexity index is 979. The Kier molecular flexibility index (Phi) is 4.40. The summed E-state index contributed by atoms with van der Waals surface area (Å²) in [6.45, 7) is 0.922. The largest absolute Gasteiger partial charge is 0.490 e. The summed E-state index contributed by atoms with van der Waals surface area (Å²) in [6.07, 6.45) is 0.805. The fourth-order valence-corrected chi connectivity index (χ4v) is 3.15. The molecule has 2 aromatic heterocycles. The molecule has 26 heavy (non-hydrogen) atoms. The summed E-state index contributed by atoms with van der Waals surface area (Å²) < 4.78 is 13.3. The zero-order valence-corrected chi connectivity index (χ0v) is 14.4. The van der Waals surface area contributed by atoms with E-state index >= 15 is 0 Å². The molecule has 0 bridgehead atoms. The number of tetrazole rings is 1. The van der Waals surface area contributed by atoms with E-state index in [1.54, 1.807) is 24.3 Å². The van der Waals surface area contributed by atoms with Crippen LogP contribution in [0.5, 0.6) is 11.5 Å². The molecule has 134 valence electrons. The lowest BCUT2D eigenvalue weighted by Gasteiger charge is -2.10. The number of aromatic nitrogens is 4. The Balaban J connectivity index is 1.46. The van der Waals surface area contributed by atoms with Gasteiger partial charge < -0.3 is 14.8 Å². The zero-order valence-electron chi connectivity index (χ0n) is 13.6. The highest BCUT2D eigenvalue weighted by Gasteiger charge is 2.15. The predicted molar refractivity (Wildman–Crippen MR) is 94.2 cm³/mol. The highest BCUT2D eigenvalue weighted by atomic mass is 32.1. The van der Waals surface area contributed by atoms with Crippen LogP contribution in [0, 0.1) is 0 Å². The summed E-state index contributed by atoms with van der Waals surface area (Å²) in [5.41, 5.74) is 0.0826. The molecule has 0 aliphatic carbocycles. The van der Waals surface area contributed by atoms with Gasteiger partial charge in [0.1, 0.15) is 11.5 Å². The third-order valence-electron chi connectivity index (χ3n) is 3.68. The Hall–Kier alpha value is -3.14. The van der Waals surface area contributed by atoms with Crippen molar-refractivity contribution in [3.63, 3.8) is 0 Å².